The van der Waals surface area contributed by atoms with E-state index in [1.807, 2.05) is 24.0 Å². The Morgan fingerprint density at radius 1 is 1.24 bits per heavy atom. The first kappa shape index (κ1) is 19.0. The lowest BCUT2D eigenvalue weighted by molar-refractivity contribution is 0.0366. The second kappa shape index (κ2) is 8.36. The maximum absolute atomic E-state index is 13.4. The molecule has 0 spiro atoms. The van der Waals surface area contributed by atoms with Crippen LogP contribution in [0.5, 0.6) is 5.88 Å². The average molecular weight is 394 g/mol. The third-order valence-electron chi connectivity index (χ3n) is 5.10. The first-order valence-corrected chi connectivity index (χ1v) is 9.52. The molecule has 1 saturated heterocycles. The molecular formula is C20H22N6O3. The number of benzene rings is 1. The predicted molar refractivity (Wildman–Crippen MR) is 103 cm³/mol. The van der Waals surface area contributed by atoms with Crippen molar-refractivity contribution in [1.29, 1.82) is 0 Å². The van der Waals surface area contributed by atoms with E-state index in [4.69, 9.17) is 4.74 Å². The van der Waals surface area contributed by atoms with Crippen LogP contribution >= 0.6 is 0 Å². The lowest BCUT2D eigenvalue weighted by Crippen LogP contribution is -2.49. The summed E-state index contributed by atoms with van der Waals surface area (Å²) in [5, 5.41) is 21.2. The Morgan fingerprint density at radius 3 is 2.90 bits per heavy atom. The molecule has 4 rings (SSSR count). The summed E-state index contributed by atoms with van der Waals surface area (Å²) in [7, 11) is 0. The molecule has 1 aliphatic rings. The zero-order valence-electron chi connectivity index (χ0n) is 16.0. The molecule has 0 saturated carbocycles. The van der Waals surface area contributed by atoms with Gasteiger partial charge in [0, 0.05) is 17.8 Å². The molecule has 1 aromatic carbocycles. The van der Waals surface area contributed by atoms with E-state index in [1.54, 1.807) is 30.5 Å². The number of rotatable bonds is 5. The second-order valence-electron chi connectivity index (χ2n) is 6.99. The smallest absolute Gasteiger partial charge is 0.256 e. The quantitative estimate of drug-likeness (QED) is 0.701. The highest BCUT2D eigenvalue weighted by Crippen LogP contribution is 2.26. The van der Waals surface area contributed by atoms with E-state index in [-0.39, 0.29) is 24.7 Å². The molecule has 9 heteroatoms. The molecule has 1 amide bonds. The van der Waals surface area contributed by atoms with Gasteiger partial charge in [0.05, 0.1) is 18.7 Å². The van der Waals surface area contributed by atoms with Crippen LogP contribution in [0, 0.1) is 0 Å². The van der Waals surface area contributed by atoms with Gasteiger partial charge >= 0.3 is 0 Å². The van der Waals surface area contributed by atoms with Crippen molar-refractivity contribution in [3.63, 3.8) is 0 Å². The van der Waals surface area contributed by atoms with Gasteiger partial charge in [-0.1, -0.05) is 12.1 Å². The molecule has 0 aliphatic carbocycles. The van der Waals surface area contributed by atoms with Crippen LogP contribution in [0.3, 0.4) is 0 Å². The van der Waals surface area contributed by atoms with Gasteiger partial charge in [0.15, 0.2) is 6.33 Å². The number of likely N-dealkylation sites (tertiary alicyclic amines) is 1. The Kier molecular flexibility index (Phi) is 5.48. The fourth-order valence-corrected chi connectivity index (χ4v) is 3.52. The van der Waals surface area contributed by atoms with Crippen LogP contribution in [0.2, 0.25) is 0 Å². The van der Waals surface area contributed by atoms with E-state index in [0.717, 1.165) is 12.8 Å². The van der Waals surface area contributed by atoms with Gasteiger partial charge in [-0.25, -0.2) is 4.98 Å². The van der Waals surface area contributed by atoms with Crippen LogP contribution in [0.1, 0.15) is 35.7 Å². The minimum absolute atomic E-state index is 0.0696. The number of carbonyl (C=O) groups excluding carboxylic acids is 1. The first-order valence-electron chi connectivity index (χ1n) is 9.52. The zero-order chi connectivity index (χ0) is 20.2. The van der Waals surface area contributed by atoms with Crippen LogP contribution in [0.25, 0.3) is 5.69 Å². The van der Waals surface area contributed by atoms with Crippen molar-refractivity contribution in [2.75, 3.05) is 6.54 Å². The lowest BCUT2D eigenvalue weighted by atomic mass is 9.99. The van der Waals surface area contributed by atoms with E-state index in [9.17, 15) is 9.90 Å². The number of carbonyl (C=O) groups is 1. The third-order valence-corrected chi connectivity index (χ3v) is 5.10. The molecule has 0 radical (unpaired) electrons. The lowest BCUT2D eigenvalue weighted by Gasteiger charge is -2.38. The molecule has 150 valence electrons. The number of pyridine rings is 1. The summed E-state index contributed by atoms with van der Waals surface area (Å²) in [5.74, 6) is 0.302. The molecule has 29 heavy (non-hydrogen) atoms. The van der Waals surface area contributed by atoms with E-state index >= 15 is 0 Å². The average Bonchev–Trinajstić information content (AvgIpc) is 3.30. The summed E-state index contributed by atoms with van der Waals surface area (Å²) in [5.41, 5.74) is 1.72. The number of amides is 1. The van der Waals surface area contributed by atoms with Crippen LogP contribution in [0.15, 0.2) is 48.9 Å². The summed E-state index contributed by atoms with van der Waals surface area (Å²) in [6.07, 6.45) is 4.37. The van der Waals surface area contributed by atoms with Gasteiger partial charge in [-0.2, -0.15) is 0 Å². The normalized spacial score (nSPS) is 19.2. The van der Waals surface area contributed by atoms with Gasteiger partial charge in [-0.15, -0.1) is 15.0 Å². The fraction of sp³-hybridized carbons (Fsp3) is 0.350. The first-order chi connectivity index (χ1) is 14.2. The van der Waals surface area contributed by atoms with Crippen molar-refractivity contribution in [3.8, 4) is 11.6 Å². The number of ether oxygens (including phenoxy) is 1. The summed E-state index contributed by atoms with van der Waals surface area (Å²) < 4.78 is 6.04. The number of aliphatic hydroxyl groups is 1. The number of aliphatic hydroxyl groups excluding tert-OH is 1. The standard InChI is InChI=1S/C20H22N6O3/c1-14-8-9-16(29-19-15(12-27)5-4-10-21-19)11-25(14)20(28)17-6-2-3-7-18(17)26-23-13-22-24-26/h2-7,10,13-14,16,27H,8-9,11-12H2,1H3/t14-,16-/m1/s1. The van der Waals surface area contributed by atoms with Gasteiger partial charge in [0.25, 0.3) is 5.91 Å². The van der Waals surface area contributed by atoms with E-state index in [1.165, 1.54) is 11.1 Å². The van der Waals surface area contributed by atoms with Gasteiger partial charge in [0.2, 0.25) is 5.88 Å². The Morgan fingerprint density at radius 2 is 2.10 bits per heavy atom. The number of para-hydroxylation sites is 1. The Balaban J connectivity index is 1.56. The molecular weight excluding hydrogens is 372 g/mol. The predicted octanol–water partition coefficient (Wildman–Crippen LogP) is 1.62. The van der Waals surface area contributed by atoms with Crippen molar-refractivity contribution < 1.29 is 14.6 Å². The highest BCUT2D eigenvalue weighted by Gasteiger charge is 2.32. The number of nitrogens with zero attached hydrogens (tertiary/aromatic N) is 6. The van der Waals surface area contributed by atoms with Crippen molar-refractivity contribution in [2.24, 2.45) is 0 Å². The highest BCUT2D eigenvalue weighted by atomic mass is 16.5. The topological polar surface area (TPSA) is 106 Å². The van der Waals surface area contributed by atoms with Crippen LogP contribution < -0.4 is 4.74 Å². The van der Waals surface area contributed by atoms with E-state index in [0.29, 0.717) is 29.2 Å². The van der Waals surface area contributed by atoms with Gasteiger partial charge in [-0.05, 0) is 49.2 Å². The van der Waals surface area contributed by atoms with Crippen molar-refractivity contribution in [1.82, 2.24) is 30.1 Å². The Bertz CT molecular complexity index is 978. The molecule has 2 aromatic heterocycles. The third kappa shape index (κ3) is 3.95. The number of piperidine rings is 1. The molecule has 2 atom stereocenters. The number of tetrazole rings is 1. The van der Waals surface area contributed by atoms with Crippen molar-refractivity contribution in [3.05, 3.63) is 60.0 Å². The maximum atomic E-state index is 13.4. The fourth-order valence-electron chi connectivity index (χ4n) is 3.52. The number of hydrogen-bond acceptors (Lipinski definition) is 7. The summed E-state index contributed by atoms with van der Waals surface area (Å²) in [6.45, 7) is 2.32. The van der Waals surface area contributed by atoms with Crippen LogP contribution in [-0.4, -0.2) is 59.8 Å². The second-order valence-corrected chi connectivity index (χ2v) is 6.99. The molecule has 0 bridgehead atoms. The van der Waals surface area contributed by atoms with Crippen molar-refractivity contribution >= 4 is 5.91 Å². The highest BCUT2D eigenvalue weighted by molar-refractivity contribution is 5.98. The molecule has 3 heterocycles. The zero-order valence-corrected chi connectivity index (χ0v) is 16.0. The molecule has 9 nitrogen and oxygen atoms in total. The summed E-state index contributed by atoms with van der Waals surface area (Å²) >= 11 is 0. The monoisotopic (exact) mass is 394 g/mol. The van der Waals surface area contributed by atoms with Gasteiger partial charge in [0.1, 0.15) is 11.8 Å². The number of aromatic nitrogens is 5. The minimum atomic E-state index is -0.202. The SMILES string of the molecule is C[C@@H]1CC[C@@H](Oc2ncccc2CO)CN1C(=O)c1ccccc1-n1ncnn1. The van der Waals surface area contributed by atoms with Gasteiger partial charge in [-0.3, -0.25) is 4.79 Å². The largest absolute Gasteiger partial charge is 0.472 e. The minimum Gasteiger partial charge on any atom is -0.472 e. The number of hydrogen-bond donors (Lipinski definition) is 1. The summed E-state index contributed by atoms with van der Waals surface area (Å²) in [6, 6.07) is 10.8. The molecule has 3 aromatic rings. The van der Waals surface area contributed by atoms with E-state index < -0.39 is 0 Å². The Labute approximate surface area is 167 Å². The molecule has 1 aliphatic heterocycles. The summed E-state index contributed by atoms with van der Waals surface area (Å²) in [4.78, 5) is 20.8. The molecule has 0 unspecified atom stereocenters. The Hall–Kier alpha value is -3.33. The molecule has 1 fully saturated rings. The maximum Gasteiger partial charge on any atom is 0.256 e. The van der Waals surface area contributed by atoms with Crippen molar-refractivity contribution in [2.45, 2.75) is 38.5 Å². The van der Waals surface area contributed by atoms with Crippen LogP contribution in [0.4, 0.5) is 0 Å². The molecule has 1 N–H and O–H groups in total. The van der Waals surface area contributed by atoms with Gasteiger partial charge < -0.3 is 14.7 Å². The van der Waals surface area contributed by atoms with E-state index in [2.05, 4.69) is 20.4 Å². The van der Waals surface area contributed by atoms with Crippen LogP contribution in [-0.2, 0) is 6.61 Å².